The number of amides is 1. The number of aromatic nitrogens is 1. The van der Waals surface area contributed by atoms with E-state index in [1.165, 1.54) is 31.6 Å². The van der Waals surface area contributed by atoms with Gasteiger partial charge in [-0.1, -0.05) is 12.1 Å². The van der Waals surface area contributed by atoms with E-state index in [1.807, 2.05) is 0 Å². The van der Waals surface area contributed by atoms with Crippen LogP contribution in [0.5, 0.6) is 5.75 Å². The average Bonchev–Trinajstić information content (AvgIpc) is 2.79. The van der Waals surface area contributed by atoms with E-state index in [0.717, 1.165) is 28.6 Å². The van der Waals surface area contributed by atoms with Gasteiger partial charge in [0.05, 0.1) is 19.2 Å². The van der Waals surface area contributed by atoms with E-state index in [2.05, 4.69) is 10.3 Å². The Bertz CT molecular complexity index is 1180. The number of hydrogen-bond acceptors (Lipinski definition) is 5. The molecule has 0 aliphatic heterocycles. The lowest BCUT2D eigenvalue weighted by Crippen LogP contribution is -2.37. The van der Waals surface area contributed by atoms with Crippen LogP contribution in [0.3, 0.4) is 0 Å². The molecule has 1 aromatic heterocycles. The molecular weight excluding hydrogens is 459 g/mol. The molecule has 2 aromatic carbocycles. The number of anilines is 1. The molecule has 3 rings (SSSR count). The molecule has 0 radical (unpaired) electrons. The van der Waals surface area contributed by atoms with Gasteiger partial charge in [-0.05, 0) is 54.1 Å². The summed E-state index contributed by atoms with van der Waals surface area (Å²) in [4.78, 5) is 16.3. The van der Waals surface area contributed by atoms with Crippen LogP contribution in [0.4, 0.5) is 18.9 Å². The Morgan fingerprint density at radius 1 is 1.06 bits per heavy atom. The average molecular weight is 479 g/mol. The zero-order valence-electron chi connectivity index (χ0n) is 17.4. The second-order valence-electron chi connectivity index (χ2n) is 6.93. The Balaban J connectivity index is 1.81. The van der Waals surface area contributed by atoms with Crippen molar-refractivity contribution in [3.63, 3.8) is 0 Å². The summed E-state index contributed by atoms with van der Waals surface area (Å²) in [5.74, 6) is -0.129. The molecular formula is C22H20F3N3O4S. The van der Waals surface area contributed by atoms with Gasteiger partial charge in [0.15, 0.2) is 0 Å². The molecule has 174 valence electrons. The highest BCUT2D eigenvalue weighted by Gasteiger charge is 2.30. The summed E-state index contributed by atoms with van der Waals surface area (Å²) in [6.45, 7) is -0.689. The predicted molar refractivity (Wildman–Crippen MR) is 115 cm³/mol. The predicted octanol–water partition coefficient (Wildman–Crippen LogP) is 3.94. The SMILES string of the molecule is COc1ccc(CN(CC(=O)Nc2ccc(C(F)(F)F)cc2)S(=O)(=O)c2cccnc2)cc1. The number of methoxy groups -OCH3 is 1. The van der Waals surface area contributed by atoms with E-state index in [1.54, 1.807) is 24.3 Å². The van der Waals surface area contributed by atoms with Crippen LogP contribution < -0.4 is 10.1 Å². The van der Waals surface area contributed by atoms with Crippen molar-refractivity contribution in [3.8, 4) is 5.75 Å². The summed E-state index contributed by atoms with van der Waals surface area (Å²) < 4.78 is 70.6. The molecule has 7 nitrogen and oxygen atoms in total. The first-order valence-corrected chi connectivity index (χ1v) is 11.0. The number of pyridine rings is 1. The van der Waals surface area contributed by atoms with Crippen molar-refractivity contribution < 1.29 is 31.1 Å². The number of nitrogens with one attached hydrogen (secondary N) is 1. The topological polar surface area (TPSA) is 88.6 Å². The van der Waals surface area contributed by atoms with E-state index < -0.39 is 34.2 Å². The Morgan fingerprint density at radius 3 is 2.27 bits per heavy atom. The Morgan fingerprint density at radius 2 is 1.73 bits per heavy atom. The Kier molecular flexibility index (Phi) is 7.34. The maximum Gasteiger partial charge on any atom is 0.416 e. The van der Waals surface area contributed by atoms with Crippen LogP contribution in [0.25, 0.3) is 0 Å². The van der Waals surface area contributed by atoms with E-state index in [0.29, 0.717) is 11.3 Å². The molecule has 0 saturated carbocycles. The highest BCUT2D eigenvalue weighted by molar-refractivity contribution is 7.89. The quantitative estimate of drug-likeness (QED) is 0.529. The van der Waals surface area contributed by atoms with Gasteiger partial charge in [0.2, 0.25) is 15.9 Å². The number of carbonyl (C=O) groups excluding carboxylic acids is 1. The fourth-order valence-corrected chi connectivity index (χ4v) is 4.26. The number of hydrogen-bond donors (Lipinski definition) is 1. The molecule has 0 unspecified atom stereocenters. The minimum absolute atomic E-state index is 0.0964. The summed E-state index contributed by atoms with van der Waals surface area (Å²) in [5, 5.41) is 2.43. The molecule has 11 heteroatoms. The second kappa shape index (κ2) is 10.0. The normalized spacial score (nSPS) is 11.9. The lowest BCUT2D eigenvalue weighted by atomic mass is 10.2. The number of ether oxygens (including phenoxy) is 1. The number of alkyl halides is 3. The van der Waals surface area contributed by atoms with Crippen molar-refractivity contribution >= 4 is 21.6 Å². The largest absolute Gasteiger partial charge is 0.497 e. The maximum absolute atomic E-state index is 13.2. The fraction of sp³-hybridized carbons (Fsp3) is 0.182. The van der Waals surface area contributed by atoms with E-state index in [9.17, 15) is 26.4 Å². The van der Waals surface area contributed by atoms with Crippen LogP contribution in [0.1, 0.15) is 11.1 Å². The third-order valence-electron chi connectivity index (χ3n) is 4.61. The molecule has 33 heavy (non-hydrogen) atoms. The molecule has 1 heterocycles. The first kappa shape index (κ1) is 24.2. The first-order valence-electron chi connectivity index (χ1n) is 9.60. The Labute approximate surface area is 188 Å². The van der Waals surface area contributed by atoms with Crippen molar-refractivity contribution in [2.24, 2.45) is 0 Å². The third kappa shape index (κ3) is 6.30. The van der Waals surface area contributed by atoms with Crippen LogP contribution >= 0.6 is 0 Å². The lowest BCUT2D eigenvalue weighted by molar-refractivity contribution is -0.137. The van der Waals surface area contributed by atoms with Gasteiger partial charge in [0.1, 0.15) is 10.6 Å². The van der Waals surface area contributed by atoms with Gasteiger partial charge in [0.25, 0.3) is 0 Å². The summed E-state index contributed by atoms with van der Waals surface area (Å²) in [5.41, 5.74) is -0.150. The van der Waals surface area contributed by atoms with Crippen molar-refractivity contribution in [2.75, 3.05) is 19.0 Å². The molecule has 0 aliphatic rings. The first-order chi connectivity index (χ1) is 15.6. The van der Waals surface area contributed by atoms with Gasteiger partial charge in [-0.3, -0.25) is 9.78 Å². The molecule has 0 saturated heterocycles. The van der Waals surface area contributed by atoms with Crippen molar-refractivity contribution in [1.82, 2.24) is 9.29 Å². The van der Waals surface area contributed by atoms with Crippen molar-refractivity contribution in [3.05, 3.63) is 84.2 Å². The molecule has 0 atom stereocenters. The lowest BCUT2D eigenvalue weighted by Gasteiger charge is -2.22. The van der Waals surface area contributed by atoms with Crippen molar-refractivity contribution in [2.45, 2.75) is 17.6 Å². The van der Waals surface area contributed by atoms with Gasteiger partial charge in [-0.2, -0.15) is 17.5 Å². The highest BCUT2D eigenvalue weighted by atomic mass is 32.2. The van der Waals surface area contributed by atoms with Gasteiger partial charge >= 0.3 is 6.18 Å². The molecule has 0 spiro atoms. The monoisotopic (exact) mass is 479 g/mol. The molecule has 3 aromatic rings. The van der Waals surface area contributed by atoms with Gasteiger partial charge < -0.3 is 10.1 Å². The van der Waals surface area contributed by atoms with E-state index >= 15 is 0 Å². The van der Waals surface area contributed by atoms with Crippen LogP contribution in [-0.4, -0.2) is 37.3 Å². The van der Waals surface area contributed by atoms with E-state index in [-0.39, 0.29) is 17.1 Å². The molecule has 1 N–H and O–H groups in total. The number of sulfonamides is 1. The zero-order valence-corrected chi connectivity index (χ0v) is 18.2. The number of benzene rings is 2. The smallest absolute Gasteiger partial charge is 0.416 e. The van der Waals surface area contributed by atoms with Gasteiger partial charge in [-0.15, -0.1) is 0 Å². The maximum atomic E-state index is 13.2. The Hall–Kier alpha value is -3.44. The molecule has 0 bridgehead atoms. The number of nitrogens with zero attached hydrogens (tertiary/aromatic N) is 2. The highest BCUT2D eigenvalue weighted by Crippen LogP contribution is 2.30. The molecule has 1 amide bonds. The van der Waals surface area contributed by atoms with Crippen LogP contribution in [0.2, 0.25) is 0 Å². The summed E-state index contributed by atoms with van der Waals surface area (Å²) in [6.07, 6.45) is -1.91. The standard InChI is InChI=1S/C22H20F3N3O4S/c1-32-19-10-4-16(5-11-19)14-28(33(30,31)20-3-2-12-26-13-20)15-21(29)27-18-8-6-17(7-9-18)22(23,24)25/h2-13H,14-15H2,1H3,(H,27,29). The van der Waals surface area contributed by atoms with Crippen LogP contribution in [0.15, 0.2) is 78.0 Å². The van der Waals surface area contributed by atoms with Crippen molar-refractivity contribution in [1.29, 1.82) is 0 Å². The minimum atomic E-state index is -4.50. The molecule has 0 aliphatic carbocycles. The number of carbonyl (C=O) groups is 1. The molecule has 0 fully saturated rings. The third-order valence-corrected chi connectivity index (χ3v) is 6.38. The summed E-state index contributed by atoms with van der Waals surface area (Å²) in [7, 11) is -2.60. The second-order valence-corrected chi connectivity index (χ2v) is 8.87. The minimum Gasteiger partial charge on any atom is -0.497 e. The van der Waals surface area contributed by atoms with Gasteiger partial charge in [0, 0.05) is 24.6 Å². The fourth-order valence-electron chi connectivity index (χ4n) is 2.91. The van der Waals surface area contributed by atoms with Crippen LogP contribution in [-0.2, 0) is 27.5 Å². The summed E-state index contributed by atoms with van der Waals surface area (Å²) in [6, 6.07) is 13.3. The number of rotatable bonds is 8. The van der Waals surface area contributed by atoms with Gasteiger partial charge in [-0.25, -0.2) is 8.42 Å². The van der Waals surface area contributed by atoms with Crippen LogP contribution in [0, 0.1) is 0 Å². The van der Waals surface area contributed by atoms with E-state index in [4.69, 9.17) is 4.74 Å². The summed E-state index contributed by atoms with van der Waals surface area (Å²) >= 11 is 0. The number of halogens is 3. The zero-order chi connectivity index (χ0) is 24.1.